The summed E-state index contributed by atoms with van der Waals surface area (Å²) in [6.07, 6.45) is 0.473. The van der Waals surface area contributed by atoms with Crippen LogP contribution in [-0.4, -0.2) is 32.0 Å². The van der Waals surface area contributed by atoms with Gasteiger partial charge < -0.3 is 5.32 Å². The number of amides is 1. The predicted molar refractivity (Wildman–Crippen MR) is 105 cm³/mol. The summed E-state index contributed by atoms with van der Waals surface area (Å²) in [5, 5.41) is 19.8. The lowest BCUT2D eigenvalue weighted by Crippen LogP contribution is -2.26. The van der Waals surface area contributed by atoms with Gasteiger partial charge in [-0.05, 0) is 18.2 Å². The van der Waals surface area contributed by atoms with E-state index in [0.717, 1.165) is 5.69 Å². The zero-order valence-electron chi connectivity index (χ0n) is 14.9. The predicted octanol–water partition coefficient (Wildman–Crippen LogP) is 3.48. The number of benzene rings is 2. The lowest BCUT2D eigenvalue weighted by molar-refractivity contribution is -0.384. The molecule has 0 atom stereocenters. The third kappa shape index (κ3) is 3.83. The second-order valence-electron chi connectivity index (χ2n) is 6.15. The van der Waals surface area contributed by atoms with Crippen LogP contribution in [0.4, 0.5) is 10.1 Å². The highest BCUT2D eigenvalue weighted by atomic mass is 32.1. The largest absolute Gasteiger partial charge is 0.352 e. The molecule has 2 heterocycles. The number of nitrogens with zero attached hydrogens (tertiary/aromatic N) is 4. The molecule has 0 spiro atoms. The Morgan fingerprint density at radius 2 is 2.07 bits per heavy atom. The smallest absolute Gasteiger partial charge is 0.270 e. The van der Waals surface area contributed by atoms with E-state index >= 15 is 0 Å². The second-order valence-corrected chi connectivity index (χ2v) is 6.99. The molecule has 0 fully saturated rings. The first-order chi connectivity index (χ1) is 14.0. The molecule has 29 heavy (non-hydrogen) atoms. The van der Waals surface area contributed by atoms with E-state index in [1.807, 2.05) is 5.38 Å². The molecule has 0 aliphatic carbocycles. The van der Waals surface area contributed by atoms with Crippen LogP contribution in [0, 0.1) is 15.9 Å². The van der Waals surface area contributed by atoms with Crippen LogP contribution in [0.25, 0.3) is 16.3 Å². The lowest BCUT2D eigenvalue weighted by Gasteiger charge is -2.04. The fourth-order valence-electron chi connectivity index (χ4n) is 2.82. The highest BCUT2D eigenvalue weighted by Gasteiger charge is 2.15. The van der Waals surface area contributed by atoms with Crippen molar-refractivity contribution < 1.29 is 14.1 Å². The SMILES string of the molecule is O=C(NCCc1csc2nc(-c3ccccc3F)nn12)c1cccc([N+](=O)[O-])c1. The van der Waals surface area contributed by atoms with Crippen molar-refractivity contribution in [2.75, 3.05) is 6.54 Å². The van der Waals surface area contributed by atoms with E-state index in [0.29, 0.717) is 29.3 Å². The van der Waals surface area contributed by atoms with Crippen LogP contribution in [0.15, 0.2) is 53.9 Å². The average Bonchev–Trinajstić information content (AvgIpc) is 3.30. The number of nitro groups is 1. The summed E-state index contributed by atoms with van der Waals surface area (Å²) < 4.78 is 15.6. The number of fused-ring (bicyclic) bond motifs is 1. The molecule has 0 radical (unpaired) electrons. The van der Waals surface area contributed by atoms with Crippen molar-refractivity contribution in [1.29, 1.82) is 0 Å². The van der Waals surface area contributed by atoms with Gasteiger partial charge in [-0.2, -0.15) is 4.98 Å². The van der Waals surface area contributed by atoms with Crippen molar-refractivity contribution in [3.05, 3.63) is 81.1 Å². The van der Waals surface area contributed by atoms with Crippen LogP contribution in [-0.2, 0) is 6.42 Å². The maximum absolute atomic E-state index is 14.0. The maximum atomic E-state index is 14.0. The van der Waals surface area contributed by atoms with Gasteiger partial charge in [-0.15, -0.1) is 16.4 Å². The lowest BCUT2D eigenvalue weighted by atomic mass is 10.2. The Balaban J connectivity index is 1.45. The highest BCUT2D eigenvalue weighted by molar-refractivity contribution is 7.15. The summed E-state index contributed by atoms with van der Waals surface area (Å²) in [5.74, 6) is -0.487. The molecule has 0 saturated carbocycles. The first kappa shape index (κ1) is 18.7. The summed E-state index contributed by atoms with van der Waals surface area (Å²) in [7, 11) is 0. The van der Waals surface area contributed by atoms with Crippen molar-refractivity contribution in [1.82, 2.24) is 19.9 Å². The van der Waals surface area contributed by atoms with Crippen LogP contribution in [0.3, 0.4) is 0 Å². The summed E-state index contributed by atoms with van der Waals surface area (Å²) in [6, 6.07) is 11.8. The molecular formula is C19H14FN5O3S. The molecule has 0 aliphatic rings. The van der Waals surface area contributed by atoms with Gasteiger partial charge in [-0.1, -0.05) is 18.2 Å². The van der Waals surface area contributed by atoms with Crippen LogP contribution >= 0.6 is 11.3 Å². The molecule has 0 saturated heterocycles. The van der Waals surface area contributed by atoms with Crippen LogP contribution < -0.4 is 5.32 Å². The number of nitro benzene ring substituents is 1. The first-order valence-electron chi connectivity index (χ1n) is 8.63. The van der Waals surface area contributed by atoms with Crippen LogP contribution in [0.2, 0.25) is 0 Å². The molecule has 1 N–H and O–H groups in total. The summed E-state index contributed by atoms with van der Waals surface area (Å²) in [4.78, 5) is 27.5. The van der Waals surface area contributed by atoms with Gasteiger partial charge in [0, 0.05) is 36.0 Å². The Bertz CT molecular complexity index is 1220. The topological polar surface area (TPSA) is 102 Å². The van der Waals surface area contributed by atoms with Gasteiger partial charge in [0.1, 0.15) is 5.82 Å². The van der Waals surface area contributed by atoms with Crippen molar-refractivity contribution in [2.45, 2.75) is 6.42 Å². The van der Waals surface area contributed by atoms with E-state index in [2.05, 4.69) is 15.4 Å². The van der Waals surface area contributed by atoms with Gasteiger partial charge in [0.15, 0.2) is 5.82 Å². The number of nitrogens with one attached hydrogen (secondary N) is 1. The molecule has 4 rings (SSSR count). The maximum Gasteiger partial charge on any atom is 0.270 e. The number of aromatic nitrogens is 3. The molecule has 10 heteroatoms. The Kier molecular flexibility index (Phi) is 5.00. The standard InChI is InChI=1S/C19H14FN5O3S/c20-16-7-2-1-6-15(16)17-22-19-24(23-17)14(11-29-19)8-9-21-18(26)12-4-3-5-13(10-12)25(27)28/h1-7,10-11H,8-9H2,(H,21,26). The molecule has 2 aromatic carbocycles. The number of rotatable bonds is 6. The van der Waals surface area contributed by atoms with Crippen LogP contribution in [0.1, 0.15) is 16.1 Å². The zero-order valence-corrected chi connectivity index (χ0v) is 15.7. The third-order valence-electron chi connectivity index (χ3n) is 4.25. The molecule has 2 aromatic heterocycles. The van der Waals surface area contributed by atoms with E-state index in [1.165, 1.54) is 41.7 Å². The minimum atomic E-state index is -0.545. The second kappa shape index (κ2) is 7.76. The first-order valence-corrected chi connectivity index (χ1v) is 9.51. The minimum absolute atomic E-state index is 0.138. The van der Waals surface area contributed by atoms with E-state index in [-0.39, 0.29) is 11.3 Å². The quantitative estimate of drug-likeness (QED) is 0.387. The summed E-state index contributed by atoms with van der Waals surface area (Å²) >= 11 is 1.37. The van der Waals surface area contributed by atoms with E-state index in [4.69, 9.17) is 0 Å². The number of hydrogen-bond donors (Lipinski definition) is 1. The van der Waals surface area contributed by atoms with Gasteiger partial charge in [0.25, 0.3) is 11.6 Å². The number of thiazole rings is 1. The zero-order chi connectivity index (χ0) is 20.4. The van der Waals surface area contributed by atoms with Gasteiger partial charge in [0.2, 0.25) is 4.96 Å². The fourth-order valence-corrected chi connectivity index (χ4v) is 3.68. The molecule has 0 unspecified atom stereocenters. The molecule has 0 bridgehead atoms. The monoisotopic (exact) mass is 411 g/mol. The Morgan fingerprint density at radius 1 is 1.24 bits per heavy atom. The Morgan fingerprint density at radius 3 is 2.86 bits per heavy atom. The van der Waals surface area contributed by atoms with Gasteiger partial charge >= 0.3 is 0 Å². The third-order valence-corrected chi connectivity index (χ3v) is 5.12. The van der Waals surface area contributed by atoms with Crippen molar-refractivity contribution in [3.8, 4) is 11.4 Å². The Hall–Kier alpha value is -3.66. The summed E-state index contributed by atoms with van der Waals surface area (Å²) in [6.45, 7) is 0.308. The van der Waals surface area contributed by atoms with Crippen LogP contribution in [0.5, 0.6) is 0 Å². The normalized spacial score (nSPS) is 10.9. The summed E-state index contributed by atoms with van der Waals surface area (Å²) in [5.41, 5.74) is 1.23. The number of carbonyl (C=O) groups excluding carboxylic acids is 1. The van der Waals surface area contributed by atoms with E-state index in [1.54, 1.807) is 22.7 Å². The number of carbonyl (C=O) groups is 1. The molecule has 146 valence electrons. The molecule has 8 nitrogen and oxygen atoms in total. The minimum Gasteiger partial charge on any atom is -0.352 e. The van der Waals surface area contributed by atoms with Crippen molar-refractivity contribution in [3.63, 3.8) is 0 Å². The number of halogens is 1. The molecular weight excluding hydrogens is 397 g/mol. The average molecular weight is 411 g/mol. The number of non-ortho nitro benzene ring substituents is 1. The number of hydrogen-bond acceptors (Lipinski definition) is 6. The fraction of sp³-hybridized carbons (Fsp3) is 0.105. The highest BCUT2D eigenvalue weighted by Crippen LogP contribution is 2.23. The van der Waals surface area contributed by atoms with E-state index < -0.39 is 16.6 Å². The van der Waals surface area contributed by atoms with E-state index in [9.17, 15) is 19.3 Å². The van der Waals surface area contributed by atoms with Crippen molar-refractivity contribution >= 4 is 27.9 Å². The van der Waals surface area contributed by atoms with Gasteiger partial charge in [-0.25, -0.2) is 8.91 Å². The molecule has 0 aliphatic heterocycles. The Labute approximate surface area is 167 Å². The molecule has 1 amide bonds. The van der Waals surface area contributed by atoms with Gasteiger partial charge in [-0.3, -0.25) is 14.9 Å². The molecule has 4 aromatic rings. The van der Waals surface area contributed by atoms with Crippen molar-refractivity contribution in [2.24, 2.45) is 0 Å². The van der Waals surface area contributed by atoms with Gasteiger partial charge in [0.05, 0.1) is 16.2 Å².